The van der Waals surface area contributed by atoms with Gasteiger partial charge in [0.1, 0.15) is 5.03 Å². The predicted octanol–water partition coefficient (Wildman–Crippen LogP) is 2.33. The summed E-state index contributed by atoms with van der Waals surface area (Å²) in [5.74, 6) is -1.55. The Hall–Kier alpha value is -0.770. The first-order chi connectivity index (χ1) is 9.12. The third kappa shape index (κ3) is 5.70. The van der Waals surface area contributed by atoms with Crippen LogP contribution in [0.5, 0.6) is 0 Å². The largest absolute Gasteiger partial charge is 0.480 e. The van der Waals surface area contributed by atoms with Crippen molar-refractivity contribution in [2.24, 2.45) is 0 Å². The topological polar surface area (TPSA) is 105 Å². The van der Waals surface area contributed by atoms with Crippen molar-refractivity contribution >= 4 is 37.7 Å². The molecule has 2 N–H and O–H groups in total. The van der Waals surface area contributed by atoms with Gasteiger partial charge in [-0.3, -0.25) is 9.35 Å². The van der Waals surface area contributed by atoms with Crippen LogP contribution in [0.4, 0.5) is 0 Å². The minimum atomic E-state index is -4.62. The van der Waals surface area contributed by atoms with Crippen molar-refractivity contribution in [1.82, 2.24) is 4.98 Å². The summed E-state index contributed by atoms with van der Waals surface area (Å²) in [4.78, 5) is 15.0. The Labute approximate surface area is 125 Å². The maximum Gasteiger partial charge on any atom is 0.324 e. The SMILES string of the molecule is CC(C)(CC(C(=O)O)S(=O)(=O)O)SSc1ccccn1. The Kier molecular flexibility index (Phi) is 5.87. The van der Waals surface area contributed by atoms with Gasteiger partial charge >= 0.3 is 5.97 Å². The maximum absolute atomic E-state index is 11.1. The van der Waals surface area contributed by atoms with E-state index in [0.29, 0.717) is 0 Å². The highest BCUT2D eigenvalue weighted by molar-refractivity contribution is 8.77. The van der Waals surface area contributed by atoms with Gasteiger partial charge in [0.15, 0.2) is 5.25 Å². The first-order valence-electron chi connectivity index (χ1n) is 5.58. The van der Waals surface area contributed by atoms with E-state index < -0.39 is 26.1 Å². The van der Waals surface area contributed by atoms with Gasteiger partial charge in [0.05, 0.1) is 0 Å². The molecule has 0 aromatic carbocycles. The zero-order chi connectivity index (χ0) is 15.4. The van der Waals surface area contributed by atoms with Gasteiger partial charge in [0.2, 0.25) is 0 Å². The molecular formula is C11H15NO5S3. The van der Waals surface area contributed by atoms with Crippen LogP contribution < -0.4 is 0 Å². The second kappa shape index (κ2) is 6.79. The molecule has 0 saturated heterocycles. The molecule has 0 amide bonds. The number of pyridine rings is 1. The average molecular weight is 337 g/mol. The van der Waals surface area contributed by atoms with Crippen LogP contribution in [0.3, 0.4) is 0 Å². The minimum absolute atomic E-state index is 0.203. The van der Waals surface area contributed by atoms with E-state index in [9.17, 15) is 13.2 Å². The number of carboxylic acid groups (broad SMARTS) is 1. The van der Waals surface area contributed by atoms with Crippen LogP contribution in [-0.2, 0) is 14.9 Å². The molecule has 0 radical (unpaired) electrons. The lowest BCUT2D eigenvalue weighted by molar-refractivity contribution is -0.136. The number of aliphatic carboxylic acids is 1. The summed E-state index contributed by atoms with van der Waals surface area (Å²) < 4.78 is 30.4. The molecule has 112 valence electrons. The molecule has 1 heterocycles. The fraction of sp³-hybridized carbons (Fsp3) is 0.455. The van der Waals surface area contributed by atoms with Crippen molar-refractivity contribution in [2.45, 2.75) is 35.3 Å². The monoisotopic (exact) mass is 337 g/mol. The van der Waals surface area contributed by atoms with E-state index in [1.807, 2.05) is 6.07 Å². The van der Waals surface area contributed by atoms with E-state index in [4.69, 9.17) is 9.66 Å². The zero-order valence-electron chi connectivity index (χ0n) is 10.9. The van der Waals surface area contributed by atoms with Crippen molar-refractivity contribution < 1.29 is 22.9 Å². The number of carbonyl (C=O) groups is 1. The van der Waals surface area contributed by atoms with E-state index in [0.717, 1.165) is 5.03 Å². The zero-order valence-corrected chi connectivity index (χ0v) is 13.3. The van der Waals surface area contributed by atoms with Crippen LogP contribution in [0.25, 0.3) is 0 Å². The highest BCUT2D eigenvalue weighted by atomic mass is 33.1. The summed E-state index contributed by atoms with van der Waals surface area (Å²) in [6.07, 6.45) is 1.43. The predicted molar refractivity (Wildman–Crippen MR) is 79.4 cm³/mol. The van der Waals surface area contributed by atoms with Crippen molar-refractivity contribution in [1.29, 1.82) is 0 Å². The van der Waals surface area contributed by atoms with Crippen LogP contribution in [0.1, 0.15) is 20.3 Å². The normalized spacial score (nSPS) is 13.9. The van der Waals surface area contributed by atoms with E-state index in [-0.39, 0.29) is 6.42 Å². The second-order valence-corrected chi connectivity index (χ2v) is 9.10. The smallest absolute Gasteiger partial charge is 0.324 e. The summed E-state index contributed by atoms with van der Waals surface area (Å²) in [7, 11) is -1.98. The number of nitrogens with zero attached hydrogens (tertiary/aromatic N) is 1. The molecule has 0 aliphatic heterocycles. The van der Waals surface area contributed by atoms with Gasteiger partial charge in [0.25, 0.3) is 10.1 Å². The van der Waals surface area contributed by atoms with Crippen LogP contribution in [0, 0.1) is 0 Å². The minimum Gasteiger partial charge on any atom is -0.480 e. The lowest BCUT2D eigenvalue weighted by atomic mass is 10.1. The summed E-state index contributed by atoms with van der Waals surface area (Å²) in [6.45, 7) is 3.43. The number of hydrogen-bond donors (Lipinski definition) is 2. The molecule has 0 aliphatic rings. The third-order valence-electron chi connectivity index (χ3n) is 2.30. The average Bonchev–Trinajstić information content (AvgIpc) is 2.33. The van der Waals surface area contributed by atoms with Crippen molar-refractivity contribution in [3.8, 4) is 0 Å². The van der Waals surface area contributed by atoms with Gasteiger partial charge in [-0.15, -0.1) is 0 Å². The first kappa shape index (κ1) is 17.3. The van der Waals surface area contributed by atoms with Crippen molar-refractivity contribution in [2.75, 3.05) is 0 Å². The van der Waals surface area contributed by atoms with Crippen molar-refractivity contribution in [3.05, 3.63) is 24.4 Å². The Balaban J connectivity index is 2.71. The molecule has 20 heavy (non-hydrogen) atoms. The van der Waals surface area contributed by atoms with Gasteiger partial charge in [0, 0.05) is 10.9 Å². The van der Waals surface area contributed by atoms with E-state index in [1.165, 1.54) is 21.6 Å². The molecule has 0 saturated carbocycles. The summed E-state index contributed by atoms with van der Waals surface area (Å²) >= 11 is 0. The highest BCUT2D eigenvalue weighted by Gasteiger charge is 2.37. The molecule has 1 aromatic heterocycles. The highest BCUT2D eigenvalue weighted by Crippen LogP contribution is 2.42. The third-order valence-corrected chi connectivity index (χ3v) is 6.62. The van der Waals surface area contributed by atoms with E-state index in [2.05, 4.69) is 4.98 Å². The Morgan fingerprint density at radius 2 is 2.10 bits per heavy atom. The van der Waals surface area contributed by atoms with Crippen LogP contribution in [0.15, 0.2) is 29.4 Å². The standard InChI is InChI=1S/C11H15NO5S3/c1-11(2,7-8(10(13)14)20(15,16)17)19-18-9-5-3-4-6-12-9/h3-6,8H,7H2,1-2H3,(H,13,14)(H,15,16,17). The molecule has 1 unspecified atom stereocenters. The van der Waals surface area contributed by atoms with Gasteiger partial charge < -0.3 is 5.11 Å². The lowest BCUT2D eigenvalue weighted by Crippen LogP contribution is -2.35. The van der Waals surface area contributed by atoms with Crippen LogP contribution in [0.2, 0.25) is 0 Å². The molecule has 1 aromatic rings. The molecule has 1 atom stereocenters. The fourth-order valence-electron chi connectivity index (χ4n) is 1.35. The van der Waals surface area contributed by atoms with Crippen LogP contribution >= 0.6 is 21.6 Å². The number of carboxylic acids is 1. The fourth-order valence-corrected chi connectivity index (χ4v) is 4.56. The molecule has 0 aliphatic carbocycles. The van der Waals surface area contributed by atoms with Gasteiger partial charge in [-0.05, 0) is 43.2 Å². The second-order valence-electron chi connectivity index (χ2n) is 4.64. The van der Waals surface area contributed by atoms with E-state index >= 15 is 0 Å². The Morgan fingerprint density at radius 1 is 1.45 bits per heavy atom. The van der Waals surface area contributed by atoms with Gasteiger partial charge in [-0.25, -0.2) is 4.98 Å². The van der Waals surface area contributed by atoms with Crippen molar-refractivity contribution in [3.63, 3.8) is 0 Å². The quantitative estimate of drug-likeness (QED) is 0.577. The lowest BCUT2D eigenvalue weighted by Gasteiger charge is -2.25. The van der Waals surface area contributed by atoms with Gasteiger partial charge in [-0.1, -0.05) is 16.9 Å². The molecule has 1 rings (SSSR count). The Morgan fingerprint density at radius 3 is 2.55 bits per heavy atom. The van der Waals surface area contributed by atoms with E-state index in [1.54, 1.807) is 32.2 Å². The summed E-state index contributed by atoms with van der Waals surface area (Å²) in [5, 5.41) is 7.81. The maximum atomic E-state index is 11.1. The number of rotatable bonds is 7. The molecule has 0 spiro atoms. The molecular weight excluding hydrogens is 322 g/mol. The molecule has 0 fully saturated rings. The summed E-state index contributed by atoms with van der Waals surface area (Å²) in [5.41, 5.74) is 0. The Bertz CT molecular complexity index is 559. The summed E-state index contributed by atoms with van der Waals surface area (Å²) in [6, 6.07) is 5.39. The molecule has 9 heteroatoms. The number of hydrogen-bond acceptors (Lipinski definition) is 6. The first-order valence-corrected chi connectivity index (χ1v) is 9.23. The molecule has 0 bridgehead atoms. The number of aromatic nitrogens is 1. The van der Waals surface area contributed by atoms with Gasteiger partial charge in [-0.2, -0.15) is 8.42 Å². The molecule has 6 nitrogen and oxygen atoms in total. The van der Waals surface area contributed by atoms with Crippen LogP contribution in [-0.4, -0.2) is 39.0 Å².